The third-order valence-corrected chi connectivity index (χ3v) is 5.88. The van der Waals surface area contributed by atoms with Gasteiger partial charge in [0, 0.05) is 18.1 Å². The predicted molar refractivity (Wildman–Crippen MR) is 96.0 cm³/mol. The van der Waals surface area contributed by atoms with E-state index < -0.39 is 10.0 Å². The van der Waals surface area contributed by atoms with E-state index in [9.17, 15) is 13.2 Å². The van der Waals surface area contributed by atoms with E-state index in [1.54, 1.807) is 35.7 Å². The lowest BCUT2D eigenvalue weighted by Crippen LogP contribution is -2.31. The zero-order valence-electron chi connectivity index (χ0n) is 12.5. The molecule has 0 saturated heterocycles. The second-order valence-electron chi connectivity index (χ2n) is 5.16. The maximum Gasteiger partial charge on any atom is 0.271 e. The lowest BCUT2D eigenvalue weighted by molar-refractivity contribution is 0.569. The van der Waals surface area contributed by atoms with E-state index in [1.165, 1.54) is 22.2 Å². The van der Waals surface area contributed by atoms with Crippen LogP contribution in [-0.2, 0) is 22.3 Å². The summed E-state index contributed by atoms with van der Waals surface area (Å²) < 4.78 is 28.6. The highest BCUT2D eigenvalue weighted by molar-refractivity contribution is 7.88. The van der Waals surface area contributed by atoms with Crippen LogP contribution in [0.25, 0.3) is 10.2 Å². The van der Waals surface area contributed by atoms with Gasteiger partial charge in [-0.15, -0.1) is 11.3 Å². The predicted octanol–water partition coefficient (Wildman–Crippen LogP) is 2.23. The van der Waals surface area contributed by atoms with Gasteiger partial charge in [0.05, 0.1) is 17.6 Å². The van der Waals surface area contributed by atoms with Gasteiger partial charge >= 0.3 is 0 Å². The van der Waals surface area contributed by atoms with Crippen LogP contribution in [0.4, 0.5) is 0 Å². The molecule has 0 spiro atoms. The number of benzene rings is 1. The average Bonchev–Trinajstić information content (AvgIpc) is 3.01. The highest BCUT2D eigenvalue weighted by atomic mass is 35.5. The van der Waals surface area contributed by atoms with Crippen LogP contribution in [0.5, 0.6) is 0 Å². The van der Waals surface area contributed by atoms with Crippen molar-refractivity contribution in [1.29, 1.82) is 0 Å². The third kappa shape index (κ3) is 4.02. The molecule has 2 aromatic heterocycles. The molecule has 0 unspecified atom stereocenters. The Morgan fingerprint density at radius 3 is 2.71 bits per heavy atom. The molecular formula is C15H14ClN3O3S2. The lowest BCUT2D eigenvalue weighted by atomic mass is 10.2. The molecule has 1 aromatic carbocycles. The standard InChI is InChI=1S/C15H14ClN3O3S2/c16-12-3-1-11(2-4-12)9-24(21,22)18-6-7-19-10-17-13-5-8-23-14(13)15(19)20/h1-5,8,10,18H,6-7,9H2. The number of thiophene rings is 1. The van der Waals surface area contributed by atoms with Gasteiger partial charge in [0.25, 0.3) is 5.56 Å². The number of nitrogens with one attached hydrogen (secondary N) is 1. The number of aromatic nitrogens is 2. The zero-order chi connectivity index (χ0) is 17.2. The van der Waals surface area contributed by atoms with E-state index in [2.05, 4.69) is 9.71 Å². The molecule has 126 valence electrons. The Morgan fingerprint density at radius 2 is 1.96 bits per heavy atom. The summed E-state index contributed by atoms with van der Waals surface area (Å²) >= 11 is 7.10. The van der Waals surface area contributed by atoms with Crippen LogP contribution in [0.2, 0.25) is 5.02 Å². The quantitative estimate of drug-likeness (QED) is 0.707. The van der Waals surface area contributed by atoms with Crippen molar-refractivity contribution < 1.29 is 8.42 Å². The van der Waals surface area contributed by atoms with E-state index in [0.717, 1.165) is 0 Å². The van der Waals surface area contributed by atoms with Crippen LogP contribution in [-0.4, -0.2) is 24.5 Å². The molecule has 6 nitrogen and oxygen atoms in total. The van der Waals surface area contributed by atoms with Gasteiger partial charge < -0.3 is 0 Å². The molecule has 1 N–H and O–H groups in total. The fourth-order valence-corrected chi connectivity index (χ4v) is 4.27. The summed E-state index contributed by atoms with van der Waals surface area (Å²) in [5.74, 6) is -0.138. The van der Waals surface area contributed by atoms with Crippen molar-refractivity contribution >= 4 is 43.2 Å². The topological polar surface area (TPSA) is 81.1 Å². The molecule has 0 aliphatic carbocycles. The van der Waals surface area contributed by atoms with Gasteiger partial charge in [-0.05, 0) is 29.1 Å². The number of fused-ring (bicyclic) bond motifs is 1. The van der Waals surface area contributed by atoms with Crippen molar-refractivity contribution in [1.82, 2.24) is 14.3 Å². The lowest BCUT2D eigenvalue weighted by Gasteiger charge is -2.08. The molecule has 0 aliphatic rings. The molecule has 0 saturated carbocycles. The highest BCUT2D eigenvalue weighted by Crippen LogP contribution is 2.13. The monoisotopic (exact) mass is 383 g/mol. The Bertz CT molecular complexity index is 1010. The van der Waals surface area contributed by atoms with E-state index in [0.29, 0.717) is 20.8 Å². The SMILES string of the molecule is O=c1c2sccc2ncn1CCNS(=O)(=O)Cc1ccc(Cl)cc1. The first-order valence-electron chi connectivity index (χ1n) is 7.09. The van der Waals surface area contributed by atoms with Crippen molar-refractivity contribution in [3.8, 4) is 0 Å². The number of nitrogens with zero attached hydrogens (tertiary/aromatic N) is 2. The summed E-state index contributed by atoms with van der Waals surface area (Å²) in [6.07, 6.45) is 1.44. The van der Waals surface area contributed by atoms with Crippen LogP contribution in [0, 0.1) is 0 Å². The molecule has 3 rings (SSSR count). The fourth-order valence-electron chi connectivity index (χ4n) is 2.21. The molecule has 0 radical (unpaired) electrons. The van der Waals surface area contributed by atoms with E-state index in [-0.39, 0.29) is 24.4 Å². The maximum atomic E-state index is 12.2. The number of rotatable bonds is 6. The summed E-state index contributed by atoms with van der Waals surface area (Å²) in [6, 6.07) is 8.41. The second-order valence-corrected chi connectivity index (χ2v) is 8.32. The van der Waals surface area contributed by atoms with Crippen LogP contribution in [0.15, 0.2) is 46.8 Å². The molecule has 0 aliphatic heterocycles. The molecular weight excluding hydrogens is 370 g/mol. The smallest absolute Gasteiger partial charge is 0.271 e. The number of hydrogen-bond acceptors (Lipinski definition) is 5. The van der Waals surface area contributed by atoms with Gasteiger partial charge in [-0.3, -0.25) is 9.36 Å². The van der Waals surface area contributed by atoms with Gasteiger partial charge in [-0.1, -0.05) is 23.7 Å². The normalized spacial score (nSPS) is 11.9. The van der Waals surface area contributed by atoms with Gasteiger partial charge in [0.2, 0.25) is 10.0 Å². The summed E-state index contributed by atoms with van der Waals surface area (Å²) in [4.78, 5) is 16.4. The summed E-state index contributed by atoms with van der Waals surface area (Å²) in [7, 11) is -3.49. The Morgan fingerprint density at radius 1 is 1.21 bits per heavy atom. The van der Waals surface area contributed by atoms with Crippen molar-refractivity contribution in [2.24, 2.45) is 0 Å². The number of sulfonamides is 1. The molecule has 0 amide bonds. The van der Waals surface area contributed by atoms with Gasteiger partial charge in [-0.25, -0.2) is 18.1 Å². The summed E-state index contributed by atoms with van der Waals surface area (Å²) in [6.45, 7) is 0.341. The first-order chi connectivity index (χ1) is 11.4. The van der Waals surface area contributed by atoms with E-state index >= 15 is 0 Å². The summed E-state index contributed by atoms with van der Waals surface area (Å²) in [5.41, 5.74) is 1.14. The Balaban J connectivity index is 1.63. The van der Waals surface area contributed by atoms with Gasteiger partial charge in [-0.2, -0.15) is 0 Å². The van der Waals surface area contributed by atoms with Crippen molar-refractivity contribution in [2.45, 2.75) is 12.3 Å². The largest absolute Gasteiger partial charge is 0.297 e. The minimum absolute atomic E-state index is 0.119. The Hall–Kier alpha value is -1.74. The fraction of sp³-hybridized carbons (Fsp3) is 0.200. The molecule has 0 atom stereocenters. The molecule has 9 heteroatoms. The number of halogens is 1. The average molecular weight is 384 g/mol. The zero-order valence-corrected chi connectivity index (χ0v) is 14.9. The van der Waals surface area contributed by atoms with Crippen LogP contribution in [0.1, 0.15) is 5.56 Å². The molecule has 24 heavy (non-hydrogen) atoms. The molecule has 3 aromatic rings. The van der Waals surface area contributed by atoms with Gasteiger partial charge in [0.1, 0.15) is 4.70 Å². The van der Waals surface area contributed by atoms with Crippen LogP contribution in [0.3, 0.4) is 0 Å². The maximum absolute atomic E-state index is 12.2. The van der Waals surface area contributed by atoms with E-state index in [1.807, 2.05) is 0 Å². The molecule has 2 heterocycles. The Labute approximate surface area is 147 Å². The van der Waals surface area contributed by atoms with Crippen molar-refractivity contribution in [3.05, 3.63) is 63.0 Å². The number of hydrogen-bond donors (Lipinski definition) is 1. The minimum Gasteiger partial charge on any atom is -0.297 e. The van der Waals surface area contributed by atoms with Crippen LogP contribution < -0.4 is 10.3 Å². The van der Waals surface area contributed by atoms with Crippen molar-refractivity contribution in [2.75, 3.05) is 6.54 Å². The van der Waals surface area contributed by atoms with Crippen molar-refractivity contribution in [3.63, 3.8) is 0 Å². The molecule has 0 fully saturated rings. The van der Waals surface area contributed by atoms with E-state index in [4.69, 9.17) is 11.6 Å². The molecule has 0 bridgehead atoms. The Kier molecular flexibility index (Phi) is 5.00. The second kappa shape index (κ2) is 7.02. The van der Waals surface area contributed by atoms with Crippen LogP contribution >= 0.6 is 22.9 Å². The summed E-state index contributed by atoms with van der Waals surface area (Å²) in [5, 5.41) is 2.36. The minimum atomic E-state index is -3.49. The first-order valence-corrected chi connectivity index (χ1v) is 10.00. The third-order valence-electron chi connectivity index (χ3n) is 3.38. The highest BCUT2D eigenvalue weighted by Gasteiger charge is 2.12. The van der Waals surface area contributed by atoms with Gasteiger partial charge in [0.15, 0.2) is 0 Å². The first kappa shape index (κ1) is 17.1.